The molecule has 3 aromatic rings. The molecule has 1 N–H and O–H groups in total. The van der Waals surface area contributed by atoms with Gasteiger partial charge in [-0.15, -0.1) is 0 Å². The van der Waals surface area contributed by atoms with Gasteiger partial charge in [0, 0.05) is 31.9 Å². The number of ether oxygens (including phenoxy) is 2. The van der Waals surface area contributed by atoms with E-state index in [0.717, 1.165) is 42.8 Å². The Labute approximate surface area is 218 Å². The van der Waals surface area contributed by atoms with Gasteiger partial charge in [0.1, 0.15) is 23.7 Å². The van der Waals surface area contributed by atoms with Crippen LogP contribution in [0.3, 0.4) is 0 Å². The Morgan fingerprint density at radius 3 is 2.61 bits per heavy atom. The van der Waals surface area contributed by atoms with Crippen molar-refractivity contribution in [2.24, 2.45) is 0 Å². The van der Waals surface area contributed by atoms with Crippen molar-refractivity contribution in [3.8, 4) is 11.5 Å². The highest BCUT2D eigenvalue weighted by molar-refractivity contribution is 6.32. The summed E-state index contributed by atoms with van der Waals surface area (Å²) in [5, 5.41) is 11.7. The number of hydrogen-bond donors (Lipinski definition) is 1. The summed E-state index contributed by atoms with van der Waals surface area (Å²) < 4.78 is 13.5. The highest BCUT2D eigenvalue weighted by atomic mass is 35.5. The number of likely N-dealkylation sites (tertiary alicyclic amines) is 1. The second-order valence-corrected chi connectivity index (χ2v) is 10.3. The number of aromatic nitrogens is 1. The van der Waals surface area contributed by atoms with Gasteiger partial charge >= 0.3 is 0 Å². The summed E-state index contributed by atoms with van der Waals surface area (Å²) in [5.41, 5.74) is 2.41. The summed E-state index contributed by atoms with van der Waals surface area (Å²) in [5.74, 6) is 1.43. The van der Waals surface area contributed by atoms with E-state index in [4.69, 9.17) is 21.1 Å². The number of benzene rings is 2. The van der Waals surface area contributed by atoms with Crippen LogP contribution < -0.4 is 15.0 Å². The first-order chi connectivity index (χ1) is 17.3. The summed E-state index contributed by atoms with van der Waals surface area (Å²) in [4.78, 5) is 14.2. The molecule has 0 bridgehead atoms. The van der Waals surface area contributed by atoms with Crippen LogP contribution in [0.1, 0.15) is 36.0 Å². The second-order valence-electron chi connectivity index (χ2n) is 9.85. The number of piperidine rings is 1. The average molecular weight is 511 g/mol. The van der Waals surface area contributed by atoms with E-state index in [1.54, 1.807) is 10.6 Å². The molecule has 6 nitrogen and oxygen atoms in total. The summed E-state index contributed by atoms with van der Waals surface area (Å²) >= 11 is 6.25. The van der Waals surface area contributed by atoms with Crippen LogP contribution in [0.2, 0.25) is 5.02 Å². The Balaban J connectivity index is 1.23. The zero-order chi connectivity index (χ0) is 25.5. The molecular weight excluding hydrogens is 476 g/mol. The smallest absolute Gasteiger partial charge is 0.250 e. The molecule has 0 amide bonds. The maximum absolute atomic E-state index is 11.9. The third kappa shape index (κ3) is 7.36. The number of rotatable bonds is 10. The molecule has 0 saturated carbocycles. The number of hydrogen-bond acceptors (Lipinski definition) is 5. The van der Waals surface area contributed by atoms with E-state index in [9.17, 15) is 9.90 Å². The molecule has 192 valence electrons. The minimum Gasteiger partial charge on any atom is -0.494 e. The van der Waals surface area contributed by atoms with Gasteiger partial charge in [-0.2, -0.15) is 0 Å². The van der Waals surface area contributed by atoms with Gasteiger partial charge in [-0.1, -0.05) is 35.9 Å². The fourth-order valence-electron chi connectivity index (χ4n) is 4.59. The topological polar surface area (TPSA) is 63.9 Å². The lowest BCUT2D eigenvalue weighted by Gasteiger charge is -2.39. The first-order valence-electron chi connectivity index (χ1n) is 12.5. The molecule has 36 heavy (non-hydrogen) atoms. The monoisotopic (exact) mass is 510 g/mol. The van der Waals surface area contributed by atoms with E-state index in [1.165, 1.54) is 5.56 Å². The predicted molar refractivity (Wildman–Crippen MR) is 143 cm³/mol. The number of aryl methyl sites for hydroxylation is 3. The highest BCUT2D eigenvalue weighted by Gasteiger charge is 2.34. The van der Waals surface area contributed by atoms with Gasteiger partial charge < -0.3 is 19.1 Å². The summed E-state index contributed by atoms with van der Waals surface area (Å²) in [6.45, 7) is 7.60. The Hall–Kier alpha value is -2.80. The van der Waals surface area contributed by atoms with E-state index in [2.05, 4.69) is 17.0 Å². The molecule has 4 rings (SSSR count). The summed E-state index contributed by atoms with van der Waals surface area (Å²) in [6.07, 6.45) is 4.25. The van der Waals surface area contributed by atoms with Crippen LogP contribution >= 0.6 is 11.6 Å². The van der Waals surface area contributed by atoms with E-state index in [1.807, 2.05) is 56.4 Å². The Kier molecular flexibility index (Phi) is 8.72. The Bertz CT molecular complexity index is 1210. The fraction of sp³-hybridized carbons (Fsp3) is 0.414. The second kappa shape index (κ2) is 12.0. The van der Waals surface area contributed by atoms with Gasteiger partial charge in [-0.05, 0) is 80.6 Å². The van der Waals surface area contributed by atoms with E-state index in [-0.39, 0.29) is 12.2 Å². The normalized spacial score (nSPS) is 18.2. The first kappa shape index (κ1) is 26.3. The van der Waals surface area contributed by atoms with Crippen molar-refractivity contribution in [3.05, 3.63) is 92.9 Å². The van der Waals surface area contributed by atoms with Crippen molar-refractivity contribution in [1.29, 1.82) is 0 Å². The molecule has 0 unspecified atom stereocenters. The van der Waals surface area contributed by atoms with E-state index in [0.29, 0.717) is 36.9 Å². The largest absolute Gasteiger partial charge is 0.494 e. The molecule has 1 atom stereocenters. The zero-order valence-corrected chi connectivity index (χ0v) is 21.8. The number of halogens is 1. The van der Waals surface area contributed by atoms with Gasteiger partial charge in [0.05, 0.1) is 11.6 Å². The maximum Gasteiger partial charge on any atom is 0.250 e. The lowest BCUT2D eigenvalue weighted by Crippen LogP contribution is -2.51. The van der Waals surface area contributed by atoms with Crippen molar-refractivity contribution < 1.29 is 14.6 Å². The van der Waals surface area contributed by atoms with Gasteiger partial charge in [-0.3, -0.25) is 9.69 Å². The standard InChI is InChI=1S/C29H35ClN2O4/c1-22-5-11-26(30)27(17-22)36-21-29(34)13-3-14-31(20-29)19-24-7-9-25(10-8-24)35-16-4-15-32-18-23(2)6-12-28(32)33/h5-12,17-18,34H,3-4,13-16,19-21H2,1-2H3/t29-/m1/s1. The maximum atomic E-state index is 11.9. The summed E-state index contributed by atoms with van der Waals surface area (Å²) in [7, 11) is 0. The van der Waals surface area contributed by atoms with Crippen LogP contribution in [0.15, 0.2) is 65.6 Å². The highest BCUT2D eigenvalue weighted by Crippen LogP contribution is 2.29. The van der Waals surface area contributed by atoms with Crippen LogP contribution in [0, 0.1) is 13.8 Å². The Morgan fingerprint density at radius 2 is 1.81 bits per heavy atom. The van der Waals surface area contributed by atoms with Crippen molar-refractivity contribution >= 4 is 11.6 Å². The van der Waals surface area contributed by atoms with Gasteiger partial charge in [0.15, 0.2) is 0 Å². The van der Waals surface area contributed by atoms with Crippen LogP contribution in [-0.4, -0.2) is 46.5 Å². The predicted octanol–water partition coefficient (Wildman–Crippen LogP) is 4.99. The molecular formula is C29H35ClN2O4. The van der Waals surface area contributed by atoms with Gasteiger partial charge in [0.25, 0.3) is 5.56 Å². The fourth-order valence-corrected chi connectivity index (χ4v) is 4.76. The third-order valence-electron chi connectivity index (χ3n) is 6.49. The average Bonchev–Trinajstić information content (AvgIpc) is 2.85. The molecule has 0 radical (unpaired) electrons. The molecule has 0 spiro atoms. The van der Waals surface area contributed by atoms with E-state index < -0.39 is 5.60 Å². The molecule has 1 fully saturated rings. The molecule has 2 heterocycles. The van der Waals surface area contributed by atoms with Crippen LogP contribution in [0.4, 0.5) is 0 Å². The quantitative estimate of drug-likeness (QED) is 0.389. The van der Waals surface area contributed by atoms with Crippen LogP contribution in [0.5, 0.6) is 11.5 Å². The van der Waals surface area contributed by atoms with Gasteiger partial charge in [0.2, 0.25) is 0 Å². The molecule has 1 aliphatic heterocycles. The zero-order valence-electron chi connectivity index (χ0n) is 21.1. The first-order valence-corrected chi connectivity index (χ1v) is 12.9. The minimum atomic E-state index is -0.909. The van der Waals surface area contributed by atoms with Crippen LogP contribution in [0.25, 0.3) is 0 Å². The van der Waals surface area contributed by atoms with Crippen molar-refractivity contribution in [3.63, 3.8) is 0 Å². The lowest BCUT2D eigenvalue weighted by molar-refractivity contribution is -0.0620. The minimum absolute atomic E-state index is 0.0140. The van der Waals surface area contributed by atoms with Crippen molar-refractivity contribution in [2.45, 2.75) is 51.8 Å². The van der Waals surface area contributed by atoms with Crippen molar-refractivity contribution in [1.82, 2.24) is 9.47 Å². The molecule has 1 aromatic heterocycles. The third-order valence-corrected chi connectivity index (χ3v) is 6.80. The molecule has 1 aliphatic rings. The van der Waals surface area contributed by atoms with Crippen molar-refractivity contribution in [2.75, 3.05) is 26.3 Å². The van der Waals surface area contributed by atoms with E-state index >= 15 is 0 Å². The summed E-state index contributed by atoms with van der Waals surface area (Å²) in [6, 6.07) is 17.2. The molecule has 7 heteroatoms. The Morgan fingerprint density at radius 1 is 1.03 bits per heavy atom. The van der Waals surface area contributed by atoms with Crippen LogP contribution in [-0.2, 0) is 13.1 Å². The number of β-amino-alcohol motifs (C(OH)–C–C–N with tert-alkyl or cyclic N) is 1. The molecule has 0 aliphatic carbocycles. The molecule has 1 saturated heterocycles. The number of aliphatic hydroxyl groups is 1. The van der Waals surface area contributed by atoms with Gasteiger partial charge in [-0.25, -0.2) is 0 Å². The SMILES string of the molecule is Cc1ccc(Cl)c(OC[C@@]2(O)CCCN(Cc3ccc(OCCCn4cc(C)ccc4=O)cc3)C2)c1. The number of pyridine rings is 1. The lowest BCUT2D eigenvalue weighted by atomic mass is 9.93. The number of nitrogens with zero attached hydrogens (tertiary/aromatic N) is 2. The molecule has 2 aromatic carbocycles.